The lowest BCUT2D eigenvalue weighted by Crippen LogP contribution is -2.24. The molecule has 1 amide bonds. The van der Waals surface area contributed by atoms with E-state index < -0.39 is 0 Å². The van der Waals surface area contributed by atoms with Crippen LogP contribution in [0.1, 0.15) is 29.2 Å². The van der Waals surface area contributed by atoms with Crippen LogP contribution in [0.25, 0.3) is 5.69 Å². The number of rotatable bonds is 2. The number of anilines is 1. The maximum Gasteiger partial charge on any atom is 0.226 e. The number of nitrogens with one attached hydrogen (secondary N) is 1. The quantitative estimate of drug-likeness (QED) is 0.764. The molecule has 1 unspecified atom stereocenters. The summed E-state index contributed by atoms with van der Waals surface area (Å²) in [5.74, 6) is 0.454. The molecule has 0 saturated heterocycles. The van der Waals surface area contributed by atoms with E-state index in [1.54, 1.807) is 24.5 Å². The monoisotopic (exact) mass is 348 g/mol. The van der Waals surface area contributed by atoms with Crippen LogP contribution >= 0.6 is 11.6 Å². The van der Waals surface area contributed by atoms with Crippen LogP contribution in [0, 0.1) is 11.3 Å². The summed E-state index contributed by atoms with van der Waals surface area (Å²) in [5, 5.41) is 12.5. The van der Waals surface area contributed by atoms with Gasteiger partial charge >= 0.3 is 0 Å². The highest BCUT2D eigenvalue weighted by atomic mass is 35.5. The minimum absolute atomic E-state index is 0.0642. The Morgan fingerprint density at radius 2 is 2.04 bits per heavy atom. The number of carbonyl (C=O) groups excluding carboxylic acids is 1. The average molecular weight is 349 g/mol. The van der Waals surface area contributed by atoms with Crippen molar-refractivity contribution in [3.8, 4) is 11.8 Å². The molecule has 2 heterocycles. The molecule has 122 valence electrons. The molecule has 1 aromatic heterocycles. The van der Waals surface area contributed by atoms with Gasteiger partial charge in [-0.05, 0) is 35.9 Å². The van der Waals surface area contributed by atoms with E-state index in [-0.39, 0.29) is 11.8 Å². The zero-order valence-electron chi connectivity index (χ0n) is 13.1. The van der Waals surface area contributed by atoms with Crippen molar-refractivity contribution in [2.45, 2.75) is 12.3 Å². The highest BCUT2D eigenvalue weighted by Crippen LogP contribution is 2.37. The van der Waals surface area contributed by atoms with Crippen molar-refractivity contribution in [2.24, 2.45) is 0 Å². The first-order valence-corrected chi connectivity index (χ1v) is 8.16. The van der Waals surface area contributed by atoms with Crippen LogP contribution in [-0.2, 0) is 4.79 Å². The van der Waals surface area contributed by atoms with E-state index >= 15 is 0 Å². The summed E-state index contributed by atoms with van der Waals surface area (Å²) in [4.78, 5) is 16.8. The lowest BCUT2D eigenvalue weighted by Gasteiger charge is -2.23. The van der Waals surface area contributed by atoms with Gasteiger partial charge in [0.25, 0.3) is 0 Å². The zero-order chi connectivity index (χ0) is 17.4. The fourth-order valence-electron chi connectivity index (χ4n) is 3.09. The van der Waals surface area contributed by atoms with E-state index in [1.807, 2.05) is 34.9 Å². The van der Waals surface area contributed by atoms with Crippen LogP contribution < -0.4 is 5.32 Å². The van der Waals surface area contributed by atoms with Crippen LogP contribution in [0.15, 0.2) is 54.9 Å². The molecule has 1 N–H and O–H groups in total. The smallest absolute Gasteiger partial charge is 0.226 e. The molecule has 3 aromatic rings. The van der Waals surface area contributed by atoms with Gasteiger partial charge in [0.2, 0.25) is 5.91 Å². The molecule has 25 heavy (non-hydrogen) atoms. The van der Waals surface area contributed by atoms with Gasteiger partial charge in [0.15, 0.2) is 0 Å². The molecular formula is C19H13ClN4O. The predicted molar refractivity (Wildman–Crippen MR) is 94.8 cm³/mol. The Balaban J connectivity index is 1.80. The lowest BCUT2D eigenvalue weighted by molar-refractivity contribution is -0.116. The third kappa shape index (κ3) is 2.77. The molecule has 0 bridgehead atoms. The molecule has 4 rings (SSSR count). The van der Waals surface area contributed by atoms with Crippen LogP contribution in [0.2, 0.25) is 5.02 Å². The summed E-state index contributed by atoms with van der Waals surface area (Å²) in [6, 6.07) is 16.8. The second kappa shape index (κ2) is 6.08. The van der Waals surface area contributed by atoms with E-state index in [0.29, 0.717) is 22.8 Å². The third-order valence-electron chi connectivity index (χ3n) is 4.30. The SMILES string of the molecule is N#Cc1ccc(C2CC(=O)Nc3c2ncn3-c2cccc(Cl)c2)cc1. The van der Waals surface area contributed by atoms with Crippen molar-refractivity contribution in [1.82, 2.24) is 9.55 Å². The first kappa shape index (κ1) is 15.4. The fourth-order valence-corrected chi connectivity index (χ4v) is 3.28. The largest absolute Gasteiger partial charge is 0.310 e. The summed E-state index contributed by atoms with van der Waals surface area (Å²) in [7, 11) is 0. The van der Waals surface area contributed by atoms with E-state index in [9.17, 15) is 4.79 Å². The molecule has 2 aromatic carbocycles. The molecule has 0 spiro atoms. The predicted octanol–water partition coefficient (Wildman–Crippen LogP) is 3.87. The number of nitrogens with zero attached hydrogens (tertiary/aromatic N) is 3. The van der Waals surface area contributed by atoms with Crippen LogP contribution in [0.4, 0.5) is 5.82 Å². The number of hydrogen-bond acceptors (Lipinski definition) is 3. The van der Waals surface area contributed by atoms with Gasteiger partial charge in [0.1, 0.15) is 12.1 Å². The van der Waals surface area contributed by atoms with Crippen LogP contribution in [-0.4, -0.2) is 15.5 Å². The highest BCUT2D eigenvalue weighted by molar-refractivity contribution is 6.30. The standard InChI is InChI=1S/C19H13ClN4O/c20-14-2-1-3-15(8-14)24-11-22-18-16(9-17(25)23-19(18)24)13-6-4-12(10-21)5-7-13/h1-8,11,16H,9H2,(H,23,25). The van der Waals surface area contributed by atoms with Crippen molar-refractivity contribution in [3.05, 3.63) is 76.7 Å². The molecule has 6 heteroatoms. The minimum Gasteiger partial charge on any atom is -0.310 e. The van der Waals surface area contributed by atoms with Gasteiger partial charge in [-0.3, -0.25) is 9.36 Å². The molecule has 1 atom stereocenters. The normalized spacial score (nSPS) is 16.0. The number of aromatic nitrogens is 2. The number of amides is 1. The second-order valence-electron chi connectivity index (χ2n) is 5.87. The average Bonchev–Trinajstić information content (AvgIpc) is 3.05. The number of nitriles is 1. The van der Waals surface area contributed by atoms with Crippen molar-refractivity contribution in [1.29, 1.82) is 5.26 Å². The molecular weight excluding hydrogens is 336 g/mol. The second-order valence-corrected chi connectivity index (χ2v) is 6.30. The Hall–Kier alpha value is -3.10. The van der Waals surface area contributed by atoms with Crippen molar-refractivity contribution >= 4 is 23.3 Å². The molecule has 1 aliphatic rings. The van der Waals surface area contributed by atoms with E-state index in [0.717, 1.165) is 16.9 Å². The Morgan fingerprint density at radius 1 is 1.24 bits per heavy atom. The Morgan fingerprint density at radius 3 is 2.76 bits per heavy atom. The van der Waals surface area contributed by atoms with E-state index in [2.05, 4.69) is 16.4 Å². The van der Waals surface area contributed by atoms with E-state index in [1.165, 1.54) is 0 Å². The summed E-state index contributed by atoms with van der Waals surface area (Å²) in [6.45, 7) is 0. The first-order valence-electron chi connectivity index (χ1n) is 7.79. The number of imidazole rings is 1. The van der Waals surface area contributed by atoms with Gasteiger partial charge in [0, 0.05) is 23.0 Å². The van der Waals surface area contributed by atoms with Gasteiger partial charge < -0.3 is 5.32 Å². The molecule has 0 radical (unpaired) electrons. The topological polar surface area (TPSA) is 70.7 Å². The Kier molecular flexibility index (Phi) is 3.75. The summed E-state index contributed by atoms with van der Waals surface area (Å²) >= 11 is 6.08. The molecule has 5 nitrogen and oxygen atoms in total. The Bertz CT molecular complexity index is 1000. The summed E-state index contributed by atoms with van der Waals surface area (Å²) in [6.07, 6.45) is 2.02. The number of hydrogen-bond donors (Lipinski definition) is 1. The lowest BCUT2D eigenvalue weighted by atomic mass is 9.89. The third-order valence-corrected chi connectivity index (χ3v) is 4.54. The zero-order valence-corrected chi connectivity index (χ0v) is 13.9. The van der Waals surface area contributed by atoms with Gasteiger partial charge in [-0.15, -0.1) is 0 Å². The molecule has 0 aliphatic carbocycles. The van der Waals surface area contributed by atoms with Gasteiger partial charge in [0.05, 0.1) is 17.3 Å². The molecule has 0 fully saturated rings. The Labute approximate surface area is 149 Å². The van der Waals surface area contributed by atoms with Crippen molar-refractivity contribution in [3.63, 3.8) is 0 Å². The van der Waals surface area contributed by atoms with Gasteiger partial charge in [-0.1, -0.05) is 29.8 Å². The number of fused-ring (bicyclic) bond motifs is 1. The first-order chi connectivity index (χ1) is 12.2. The molecule has 0 saturated carbocycles. The van der Waals surface area contributed by atoms with Gasteiger partial charge in [-0.25, -0.2) is 4.98 Å². The minimum atomic E-state index is -0.142. The maximum absolute atomic E-state index is 12.3. The van der Waals surface area contributed by atoms with Crippen molar-refractivity contribution < 1.29 is 4.79 Å². The molecule has 1 aliphatic heterocycles. The van der Waals surface area contributed by atoms with Crippen molar-refractivity contribution in [2.75, 3.05) is 5.32 Å². The summed E-state index contributed by atoms with van der Waals surface area (Å²) in [5.41, 5.74) is 3.20. The van der Waals surface area contributed by atoms with Crippen LogP contribution in [0.3, 0.4) is 0 Å². The van der Waals surface area contributed by atoms with E-state index in [4.69, 9.17) is 16.9 Å². The highest BCUT2D eigenvalue weighted by Gasteiger charge is 2.30. The van der Waals surface area contributed by atoms with Crippen LogP contribution in [0.5, 0.6) is 0 Å². The number of benzene rings is 2. The fraction of sp³-hybridized carbons (Fsp3) is 0.105. The number of halogens is 1. The number of carbonyl (C=O) groups is 1. The maximum atomic E-state index is 12.3. The van der Waals surface area contributed by atoms with Gasteiger partial charge in [-0.2, -0.15) is 5.26 Å². The summed E-state index contributed by atoms with van der Waals surface area (Å²) < 4.78 is 1.83.